The minimum absolute atomic E-state index is 0.0971. The molecule has 1 aromatic carbocycles. The lowest BCUT2D eigenvalue weighted by Gasteiger charge is -2.50. The van der Waals surface area contributed by atoms with Gasteiger partial charge in [0.2, 0.25) is 5.91 Å². The van der Waals surface area contributed by atoms with Crippen molar-refractivity contribution < 1.29 is 14.3 Å². The number of aryl methyl sites for hydroxylation is 1. The van der Waals surface area contributed by atoms with Crippen LogP contribution in [0.4, 0.5) is 5.69 Å². The summed E-state index contributed by atoms with van der Waals surface area (Å²) >= 11 is 0. The second kappa shape index (κ2) is 5.41. The molecule has 0 unspecified atom stereocenters. The monoisotopic (exact) mass is 301 g/mol. The normalized spacial score (nSPS) is 29.9. The van der Waals surface area contributed by atoms with Gasteiger partial charge >= 0.3 is 5.97 Å². The second-order valence-corrected chi connectivity index (χ2v) is 6.82. The van der Waals surface area contributed by atoms with Crippen molar-refractivity contribution in [1.29, 1.82) is 0 Å². The van der Waals surface area contributed by atoms with Crippen molar-refractivity contribution >= 4 is 17.6 Å². The van der Waals surface area contributed by atoms with Gasteiger partial charge in [0.05, 0.1) is 12.5 Å². The molecule has 1 N–H and O–H groups in total. The van der Waals surface area contributed by atoms with Crippen LogP contribution in [0.2, 0.25) is 0 Å². The van der Waals surface area contributed by atoms with E-state index in [1.807, 2.05) is 31.2 Å². The Morgan fingerprint density at radius 3 is 2.09 bits per heavy atom. The summed E-state index contributed by atoms with van der Waals surface area (Å²) in [6, 6.07) is 7.84. The topological polar surface area (TPSA) is 55.4 Å². The van der Waals surface area contributed by atoms with E-state index in [9.17, 15) is 9.59 Å². The Bertz CT molecular complexity index is 584. The highest BCUT2D eigenvalue weighted by Crippen LogP contribution is 2.57. The molecule has 4 nitrogen and oxygen atoms in total. The predicted molar refractivity (Wildman–Crippen MR) is 84.4 cm³/mol. The Balaban J connectivity index is 1.73. The van der Waals surface area contributed by atoms with Crippen LogP contribution in [-0.4, -0.2) is 19.0 Å². The van der Waals surface area contributed by atoms with E-state index in [1.54, 1.807) is 0 Å². The lowest BCUT2D eigenvalue weighted by molar-refractivity contribution is -0.165. The summed E-state index contributed by atoms with van der Waals surface area (Å²) in [6.07, 6.45) is 4.63. The maximum Gasteiger partial charge on any atom is 0.311 e. The van der Waals surface area contributed by atoms with Crippen LogP contribution in [0.25, 0.3) is 0 Å². The molecule has 4 rings (SSSR count). The van der Waals surface area contributed by atoms with Crippen LogP contribution in [0.5, 0.6) is 0 Å². The number of fused-ring (bicyclic) bond motifs is 3. The molecule has 2 bridgehead atoms. The van der Waals surface area contributed by atoms with Crippen LogP contribution >= 0.6 is 0 Å². The molecule has 1 aromatic rings. The third-order valence-electron chi connectivity index (χ3n) is 5.74. The van der Waals surface area contributed by atoms with Crippen LogP contribution in [0.3, 0.4) is 0 Å². The molecule has 0 heterocycles. The van der Waals surface area contributed by atoms with E-state index in [-0.39, 0.29) is 22.7 Å². The minimum Gasteiger partial charge on any atom is -0.469 e. The van der Waals surface area contributed by atoms with Gasteiger partial charge in [-0.25, -0.2) is 0 Å². The zero-order valence-electron chi connectivity index (χ0n) is 13.3. The van der Waals surface area contributed by atoms with Crippen molar-refractivity contribution in [2.45, 2.75) is 45.4 Å². The third-order valence-corrected chi connectivity index (χ3v) is 5.74. The number of para-hydroxylation sites is 1. The van der Waals surface area contributed by atoms with Gasteiger partial charge in [-0.15, -0.1) is 0 Å². The fourth-order valence-corrected chi connectivity index (χ4v) is 4.02. The van der Waals surface area contributed by atoms with Gasteiger partial charge in [0, 0.05) is 11.1 Å². The number of hydrogen-bond donors (Lipinski definition) is 1. The Morgan fingerprint density at radius 1 is 1.00 bits per heavy atom. The molecular weight excluding hydrogens is 278 g/mol. The summed E-state index contributed by atoms with van der Waals surface area (Å²) in [5, 5.41) is 3.10. The molecule has 1 amide bonds. The maximum absolute atomic E-state index is 12.8. The third kappa shape index (κ3) is 2.31. The van der Waals surface area contributed by atoms with E-state index >= 15 is 0 Å². The van der Waals surface area contributed by atoms with Gasteiger partial charge in [0.25, 0.3) is 0 Å². The lowest BCUT2D eigenvalue weighted by Crippen LogP contribution is -2.51. The molecule has 3 aliphatic rings. The van der Waals surface area contributed by atoms with Crippen molar-refractivity contribution in [3.8, 4) is 0 Å². The first-order valence-electron chi connectivity index (χ1n) is 7.97. The number of hydrogen-bond acceptors (Lipinski definition) is 3. The summed E-state index contributed by atoms with van der Waals surface area (Å²) in [4.78, 5) is 24.8. The van der Waals surface area contributed by atoms with Gasteiger partial charge in [-0.3, -0.25) is 9.59 Å². The van der Waals surface area contributed by atoms with E-state index < -0.39 is 0 Å². The standard InChI is InChI=1S/C18H23NO3/c1-13-5-3-4-6-14(13)19-15(20)17-7-10-18(11-8-17,12-9-17)16(21)22-2/h3-6H,7-12H2,1-2H3,(H,19,20). The van der Waals surface area contributed by atoms with E-state index in [2.05, 4.69) is 5.32 Å². The first-order valence-corrected chi connectivity index (χ1v) is 7.97. The molecule has 3 saturated carbocycles. The molecule has 0 spiro atoms. The number of amides is 1. The molecule has 0 aromatic heterocycles. The van der Waals surface area contributed by atoms with Gasteiger partial charge in [0.15, 0.2) is 0 Å². The summed E-state index contributed by atoms with van der Waals surface area (Å²) in [5.41, 5.74) is 1.32. The fraction of sp³-hybridized carbons (Fsp3) is 0.556. The number of benzene rings is 1. The number of methoxy groups -OCH3 is 1. The van der Waals surface area contributed by atoms with Gasteiger partial charge in [-0.05, 0) is 57.1 Å². The summed E-state index contributed by atoms with van der Waals surface area (Å²) in [5.74, 6) is 0.0140. The molecule has 4 heteroatoms. The zero-order valence-corrected chi connectivity index (χ0v) is 13.3. The minimum atomic E-state index is -0.334. The second-order valence-electron chi connectivity index (χ2n) is 6.82. The van der Waals surface area contributed by atoms with E-state index in [0.717, 1.165) is 49.8 Å². The molecule has 0 atom stereocenters. The summed E-state index contributed by atoms with van der Waals surface area (Å²) < 4.78 is 4.97. The average molecular weight is 301 g/mol. The molecule has 118 valence electrons. The highest BCUT2D eigenvalue weighted by molar-refractivity contribution is 5.96. The number of carbonyl (C=O) groups excluding carboxylic acids is 2. The molecule has 3 fully saturated rings. The van der Waals surface area contributed by atoms with Crippen molar-refractivity contribution in [3.63, 3.8) is 0 Å². The van der Waals surface area contributed by atoms with Crippen LogP contribution < -0.4 is 5.32 Å². The molecule has 0 aliphatic heterocycles. The molecule has 3 aliphatic carbocycles. The number of esters is 1. The largest absolute Gasteiger partial charge is 0.469 e. The predicted octanol–water partition coefficient (Wildman–Crippen LogP) is 3.45. The van der Waals surface area contributed by atoms with Crippen LogP contribution in [0.1, 0.15) is 44.1 Å². The highest BCUT2D eigenvalue weighted by Gasteiger charge is 2.56. The van der Waals surface area contributed by atoms with Crippen molar-refractivity contribution in [3.05, 3.63) is 29.8 Å². The number of nitrogens with one attached hydrogen (secondary N) is 1. The number of ether oxygens (including phenoxy) is 1. The van der Waals surface area contributed by atoms with Crippen LogP contribution in [-0.2, 0) is 14.3 Å². The maximum atomic E-state index is 12.8. The van der Waals surface area contributed by atoms with E-state index in [1.165, 1.54) is 7.11 Å². The van der Waals surface area contributed by atoms with Crippen LogP contribution in [0.15, 0.2) is 24.3 Å². The smallest absolute Gasteiger partial charge is 0.311 e. The quantitative estimate of drug-likeness (QED) is 0.870. The van der Waals surface area contributed by atoms with Gasteiger partial charge < -0.3 is 10.1 Å². The van der Waals surface area contributed by atoms with Gasteiger partial charge in [-0.2, -0.15) is 0 Å². The highest BCUT2D eigenvalue weighted by atomic mass is 16.5. The lowest BCUT2D eigenvalue weighted by atomic mass is 9.53. The van der Waals surface area contributed by atoms with Crippen molar-refractivity contribution in [2.75, 3.05) is 12.4 Å². The molecule has 0 radical (unpaired) electrons. The summed E-state index contributed by atoms with van der Waals surface area (Å²) in [7, 11) is 1.46. The number of anilines is 1. The van der Waals surface area contributed by atoms with Crippen molar-refractivity contribution in [1.82, 2.24) is 0 Å². The Labute approximate surface area is 131 Å². The summed E-state index contributed by atoms with van der Waals surface area (Å²) in [6.45, 7) is 2.00. The Kier molecular flexibility index (Phi) is 3.71. The Morgan fingerprint density at radius 2 is 1.55 bits per heavy atom. The Hall–Kier alpha value is -1.84. The average Bonchev–Trinajstić information content (AvgIpc) is 2.57. The van der Waals surface area contributed by atoms with E-state index in [0.29, 0.717) is 0 Å². The van der Waals surface area contributed by atoms with Crippen molar-refractivity contribution in [2.24, 2.45) is 10.8 Å². The van der Waals surface area contributed by atoms with E-state index in [4.69, 9.17) is 4.74 Å². The molecule has 0 saturated heterocycles. The SMILES string of the molecule is COC(=O)C12CCC(C(=O)Nc3ccccc3C)(CC1)CC2. The van der Waals surface area contributed by atoms with Gasteiger partial charge in [-0.1, -0.05) is 18.2 Å². The van der Waals surface area contributed by atoms with Crippen LogP contribution in [0, 0.1) is 17.8 Å². The number of carbonyl (C=O) groups is 2. The molecular formula is C18H23NO3. The zero-order chi connectivity index (χ0) is 15.8. The fourth-order valence-electron chi connectivity index (χ4n) is 4.02. The first kappa shape index (κ1) is 15.1. The molecule has 22 heavy (non-hydrogen) atoms. The first-order chi connectivity index (χ1) is 10.5. The van der Waals surface area contributed by atoms with Gasteiger partial charge in [0.1, 0.15) is 0 Å². The number of rotatable bonds is 3.